The summed E-state index contributed by atoms with van der Waals surface area (Å²) in [5, 5.41) is 14.9. The molecule has 1 aliphatic heterocycles. The number of urea groups is 1. The largest absolute Gasteiger partial charge is 0.396 e. The van der Waals surface area contributed by atoms with Gasteiger partial charge in [-0.05, 0) is 25.7 Å². The van der Waals surface area contributed by atoms with Crippen LogP contribution >= 0.6 is 0 Å². The molecule has 2 atom stereocenters. The molecule has 0 bridgehead atoms. The summed E-state index contributed by atoms with van der Waals surface area (Å²) in [6.07, 6.45) is 1.57. The van der Waals surface area contributed by atoms with E-state index in [0.717, 1.165) is 6.42 Å². The lowest BCUT2D eigenvalue weighted by Gasteiger charge is -2.27. The van der Waals surface area contributed by atoms with E-state index in [0.29, 0.717) is 32.1 Å². The zero-order valence-corrected chi connectivity index (χ0v) is 11.7. The molecule has 0 radical (unpaired) electrons. The van der Waals surface area contributed by atoms with Gasteiger partial charge in [0.15, 0.2) is 0 Å². The number of carbonyl (C=O) groups is 1. The van der Waals surface area contributed by atoms with Crippen LogP contribution in [-0.2, 0) is 4.74 Å². The predicted molar refractivity (Wildman–Crippen MR) is 70.4 cm³/mol. The van der Waals surface area contributed by atoms with Gasteiger partial charge in [-0.3, -0.25) is 0 Å². The highest BCUT2D eigenvalue weighted by Crippen LogP contribution is 2.31. The Morgan fingerprint density at radius 1 is 1.44 bits per heavy atom. The Labute approximate surface area is 109 Å². The molecule has 18 heavy (non-hydrogen) atoms. The average Bonchev–Trinajstić information content (AvgIpc) is 2.76. The molecule has 1 saturated heterocycles. The second-order valence-electron chi connectivity index (χ2n) is 5.64. The normalized spacial score (nSPS) is 25.2. The first-order valence-electron chi connectivity index (χ1n) is 6.72. The minimum Gasteiger partial charge on any atom is -0.396 e. The van der Waals surface area contributed by atoms with Crippen molar-refractivity contribution in [3.8, 4) is 0 Å². The van der Waals surface area contributed by atoms with Gasteiger partial charge >= 0.3 is 6.03 Å². The molecule has 1 heterocycles. The fourth-order valence-corrected chi connectivity index (χ4v) is 2.00. The zero-order chi connectivity index (χ0) is 13.6. The molecule has 0 aromatic carbocycles. The summed E-state index contributed by atoms with van der Waals surface area (Å²) < 4.78 is 5.38. The van der Waals surface area contributed by atoms with Crippen LogP contribution in [0.2, 0.25) is 0 Å². The highest BCUT2D eigenvalue weighted by Gasteiger charge is 2.34. The Bertz CT molecular complexity index is 263. The lowest BCUT2D eigenvalue weighted by molar-refractivity contribution is 0.125. The van der Waals surface area contributed by atoms with E-state index in [2.05, 4.69) is 24.5 Å². The maximum absolute atomic E-state index is 11.7. The summed E-state index contributed by atoms with van der Waals surface area (Å²) in [6, 6.07) is 0.0130. The van der Waals surface area contributed by atoms with Crippen LogP contribution in [0.5, 0.6) is 0 Å². The Hall–Kier alpha value is -0.810. The summed E-state index contributed by atoms with van der Waals surface area (Å²) >= 11 is 0. The second-order valence-corrected chi connectivity index (χ2v) is 5.64. The van der Waals surface area contributed by atoms with E-state index in [1.165, 1.54) is 0 Å². The topological polar surface area (TPSA) is 70.6 Å². The Morgan fingerprint density at radius 2 is 2.17 bits per heavy atom. The molecular weight excluding hydrogens is 232 g/mol. The van der Waals surface area contributed by atoms with Gasteiger partial charge in [0.1, 0.15) is 0 Å². The van der Waals surface area contributed by atoms with Crippen molar-refractivity contribution in [3.63, 3.8) is 0 Å². The Kier molecular flexibility index (Phi) is 5.88. The molecule has 0 aromatic rings. The maximum Gasteiger partial charge on any atom is 0.315 e. The molecule has 5 nitrogen and oxygen atoms in total. The first-order valence-corrected chi connectivity index (χ1v) is 6.72. The van der Waals surface area contributed by atoms with E-state index < -0.39 is 0 Å². The van der Waals surface area contributed by atoms with Crippen LogP contribution in [0.4, 0.5) is 4.79 Å². The number of hydrogen-bond donors (Lipinski definition) is 3. The molecular formula is C13H26N2O3. The number of amides is 2. The van der Waals surface area contributed by atoms with E-state index in [-0.39, 0.29) is 24.1 Å². The quantitative estimate of drug-likeness (QED) is 0.668. The van der Waals surface area contributed by atoms with Crippen LogP contribution in [0.1, 0.15) is 33.6 Å². The maximum atomic E-state index is 11.7. The minimum absolute atomic E-state index is 0.0901. The summed E-state index contributed by atoms with van der Waals surface area (Å²) in [4.78, 5) is 11.7. The lowest BCUT2D eigenvalue weighted by Crippen LogP contribution is -2.47. The van der Waals surface area contributed by atoms with Crippen LogP contribution in [0.3, 0.4) is 0 Å². The van der Waals surface area contributed by atoms with Crippen molar-refractivity contribution in [1.82, 2.24) is 10.6 Å². The van der Waals surface area contributed by atoms with Crippen molar-refractivity contribution in [2.75, 3.05) is 26.4 Å². The van der Waals surface area contributed by atoms with Gasteiger partial charge in [-0.2, -0.15) is 0 Å². The van der Waals surface area contributed by atoms with Crippen LogP contribution in [0.15, 0.2) is 0 Å². The molecule has 2 unspecified atom stereocenters. The van der Waals surface area contributed by atoms with E-state index in [9.17, 15) is 4.79 Å². The van der Waals surface area contributed by atoms with Gasteiger partial charge in [-0.25, -0.2) is 4.79 Å². The van der Waals surface area contributed by atoms with Crippen LogP contribution < -0.4 is 10.6 Å². The monoisotopic (exact) mass is 258 g/mol. The number of ether oxygens (including phenoxy) is 1. The van der Waals surface area contributed by atoms with E-state index >= 15 is 0 Å². The highest BCUT2D eigenvalue weighted by atomic mass is 16.5. The Morgan fingerprint density at radius 3 is 2.67 bits per heavy atom. The third-order valence-electron chi connectivity index (χ3n) is 3.81. The third-order valence-corrected chi connectivity index (χ3v) is 3.81. The van der Waals surface area contributed by atoms with Crippen LogP contribution in [-0.4, -0.2) is 43.5 Å². The second kappa shape index (κ2) is 6.95. The van der Waals surface area contributed by atoms with E-state index in [4.69, 9.17) is 9.84 Å². The number of aliphatic hydroxyl groups is 1. The molecule has 0 aromatic heterocycles. The van der Waals surface area contributed by atoms with Gasteiger partial charge in [0.25, 0.3) is 0 Å². The van der Waals surface area contributed by atoms with Crippen molar-refractivity contribution in [1.29, 1.82) is 0 Å². The fourth-order valence-electron chi connectivity index (χ4n) is 2.00. The van der Waals surface area contributed by atoms with E-state index in [1.54, 1.807) is 0 Å². The van der Waals surface area contributed by atoms with Crippen LogP contribution in [0, 0.1) is 11.3 Å². The van der Waals surface area contributed by atoms with Crippen molar-refractivity contribution >= 4 is 6.03 Å². The average molecular weight is 258 g/mol. The standard InChI is InChI=1S/C13H26N2O3/c1-10(2)11(3)15-12(17)14-8-13(4-6-16)5-7-18-9-13/h10-11,16H,4-9H2,1-3H3,(H2,14,15,17). The van der Waals surface area contributed by atoms with Gasteiger partial charge in [-0.15, -0.1) is 0 Å². The summed E-state index contributed by atoms with van der Waals surface area (Å²) in [7, 11) is 0. The first kappa shape index (κ1) is 15.2. The van der Waals surface area contributed by atoms with Gasteiger partial charge in [0.2, 0.25) is 0 Å². The number of aliphatic hydroxyl groups excluding tert-OH is 1. The SMILES string of the molecule is CC(C)C(C)NC(=O)NCC1(CCO)CCOC1. The molecule has 1 rings (SSSR count). The van der Waals surface area contributed by atoms with Gasteiger partial charge in [-0.1, -0.05) is 13.8 Å². The van der Waals surface area contributed by atoms with E-state index in [1.807, 2.05) is 6.92 Å². The molecule has 0 aliphatic carbocycles. The van der Waals surface area contributed by atoms with Crippen molar-refractivity contribution in [2.45, 2.75) is 39.7 Å². The third kappa shape index (κ3) is 4.46. The molecule has 1 fully saturated rings. The number of rotatable bonds is 6. The van der Waals surface area contributed by atoms with Gasteiger partial charge in [0.05, 0.1) is 6.61 Å². The number of nitrogens with one attached hydrogen (secondary N) is 2. The van der Waals surface area contributed by atoms with Crippen LogP contribution in [0.25, 0.3) is 0 Å². The Balaban J connectivity index is 2.36. The molecule has 5 heteroatoms. The van der Waals surface area contributed by atoms with Crippen molar-refractivity contribution in [2.24, 2.45) is 11.3 Å². The minimum atomic E-state index is -0.139. The van der Waals surface area contributed by atoms with Gasteiger partial charge < -0.3 is 20.5 Å². The highest BCUT2D eigenvalue weighted by molar-refractivity contribution is 5.74. The lowest BCUT2D eigenvalue weighted by atomic mass is 9.84. The smallest absolute Gasteiger partial charge is 0.315 e. The summed E-state index contributed by atoms with van der Waals surface area (Å²) in [5.74, 6) is 0.414. The molecule has 2 amide bonds. The fraction of sp³-hybridized carbons (Fsp3) is 0.923. The molecule has 1 aliphatic rings. The number of hydrogen-bond acceptors (Lipinski definition) is 3. The van der Waals surface area contributed by atoms with Crippen molar-refractivity contribution < 1.29 is 14.6 Å². The summed E-state index contributed by atoms with van der Waals surface area (Å²) in [6.45, 7) is 8.16. The van der Waals surface area contributed by atoms with Gasteiger partial charge in [0, 0.05) is 31.2 Å². The first-order chi connectivity index (χ1) is 8.49. The summed E-state index contributed by atoms with van der Waals surface area (Å²) in [5.41, 5.74) is -0.0901. The molecule has 0 spiro atoms. The van der Waals surface area contributed by atoms with Crippen molar-refractivity contribution in [3.05, 3.63) is 0 Å². The predicted octanol–water partition coefficient (Wildman–Crippen LogP) is 1.12. The zero-order valence-electron chi connectivity index (χ0n) is 11.7. The number of carbonyl (C=O) groups excluding carboxylic acids is 1. The molecule has 0 saturated carbocycles. The molecule has 106 valence electrons. The molecule has 3 N–H and O–H groups in total.